The highest BCUT2D eigenvalue weighted by molar-refractivity contribution is 5.91. The van der Waals surface area contributed by atoms with Crippen LogP contribution in [-0.4, -0.2) is 24.3 Å². The van der Waals surface area contributed by atoms with Crippen molar-refractivity contribution in [3.05, 3.63) is 72.9 Å². The Morgan fingerprint density at radius 1 is 0.844 bits per heavy atom. The van der Waals surface area contributed by atoms with Gasteiger partial charge in [0.05, 0.1) is 16.9 Å². The third kappa shape index (κ3) is 3.19. The Balaban J connectivity index is 1.51. The fourth-order valence-electron chi connectivity index (χ4n) is 4.86. The highest BCUT2D eigenvalue weighted by Gasteiger charge is 2.24. The topological polar surface area (TPSA) is 82.0 Å². The maximum atomic E-state index is 6.35. The lowest BCUT2D eigenvalue weighted by Crippen LogP contribution is -2.09. The largest absolute Gasteiger partial charge is 0.382 e. The number of nitrogen functional groups attached to an aromatic ring is 1. The van der Waals surface area contributed by atoms with Gasteiger partial charge in [-0.3, -0.25) is 9.38 Å². The molecule has 0 bridgehead atoms. The van der Waals surface area contributed by atoms with Crippen LogP contribution in [0.15, 0.2) is 67.1 Å². The van der Waals surface area contributed by atoms with Crippen LogP contribution >= 0.6 is 0 Å². The first-order chi connectivity index (χ1) is 15.8. The minimum atomic E-state index is 0.459. The lowest BCUT2D eigenvalue weighted by atomic mass is 9.89. The zero-order chi connectivity index (χ0) is 21.5. The van der Waals surface area contributed by atoms with Crippen LogP contribution in [0.2, 0.25) is 0 Å². The molecule has 6 heteroatoms. The minimum Gasteiger partial charge on any atom is -0.382 e. The van der Waals surface area contributed by atoms with E-state index < -0.39 is 0 Å². The second-order valence-electron chi connectivity index (χ2n) is 8.50. The van der Waals surface area contributed by atoms with Gasteiger partial charge in [0.15, 0.2) is 0 Å². The number of rotatable bonds is 3. The molecule has 5 aromatic rings. The zero-order valence-electron chi connectivity index (χ0n) is 17.8. The van der Waals surface area contributed by atoms with Gasteiger partial charge in [0.1, 0.15) is 22.9 Å². The number of hydrogen-bond acceptors (Lipinski definition) is 5. The molecule has 6 rings (SSSR count). The molecule has 0 aliphatic heterocycles. The van der Waals surface area contributed by atoms with Crippen LogP contribution < -0.4 is 5.73 Å². The minimum absolute atomic E-state index is 0.459. The molecule has 6 nitrogen and oxygen atoms in total. The highest BCUT2D eigenvalue weighted by Crippen LogP contribution is 2.37. The maximum Gasteiger partial charge on any atom is 0.150 e. The Kier molecular flexibility index (Phi) is 4.56. The Morgan fingerprint density at radius 3 is 2.56 bits per heavy atom. The average Bonchev–Trinajstić information content (AvgIpc) is 3.25. The summed E-state index contributed by atoms with van der Waals surface area (Å²) in [6.45, 7) is 0. The predicted octanol–water partition coefficient (Wildman–Crippen LogP) is 5.64. The van der Waals surface area contributed by atoms with Crippen molar-refractivity contribution in [1.82, 2.24) is 24.3 Å². The van der Waals surface area contributed by atoms with E-state index in [1.807, 2.05) is 30.5 Å². The van der Waals surface area contributed by atoms with E-state index >= 15 is 0 Å². The molecule has 0 spiro atoms. The number of aromatic nitrogens is 5. The molecule has 4 aromatic heterocycles. The van der Waals surface area contributed by atoms with E-state index in [9.17, 15) is 0 Å². The second kappa shape index (κ2) is 7.71. The van der Waals surface area contributed by atoms with Gasteiger partial charge in [-0.2, -0.15) is 0 Å². The molecule has 0 radical (unpaired) electrons. The number of imidazole rings is 1. The van der Waals surface area contributed by atoms with Gasteiger partial charge in [0, 0.05) is 35.5 Å². The summed E-state index contributed by atoms with van der Waals surface area (Å²) >= 11 is 0. The fraction of sp³-hybridized carbons (Fsp3) is 0.231. The number of hydrogen-bond donors (Lipinski definition) is 1. The van der Waals surface area contributed by atoms with E-state index in [1.54, 1.807) is 12.4 Å². The lowest BCUT2D eigenvalue weighted by Gasteiger charge is -2.20. The molecule has 1 fully saturated rings. The monoisotopic (exact) mass is 420 g/mol. The molecule has 4 heterocycles. The van der Waals surface area contributed by atoms with E-state index in [4.69, 9.17) is 15.7 Å². The quantitative estimate of drug-likeness (QED) is 0.409. The average molecular weight is 421 g/mol. The van der Waals surface area contributed by atoms with Crippen molar-refractivity contribution < 1.29 is 0 Å². The standard InChI is InChI=1S/C26H24N6/c27-25-24-23(31-26(32(24)15-14-29-25)18-6-2-1-3-7-18)19-10-9-17-11-12-21(30-22(17)16-19)20-8-4-5-13-28-20/h4-5,8-16,18H,1-3,6-7H2,(H2,27,29). The Bertz CT molecular complexity index is 1420. The van der Waals surface area contributed by atoms with E-state index in [0.717, 1.165) is 44.9 Å². The van der Waals surface area contributed by atoms with Crippen molar-refractivity contribution in [2.75, 3.05) is 5.73 Å². The Morgan fingerprint density at radius 2 is 1.72 bits per heavy atom. The number of nitrogens with two attached hydrogens (primary N) is 1. The predicted molar refractivity (Wildman–Crippen MR) is 127 cm³/mol. The van der Waals surface area contributed by atoms with E-state index in [-0.39, 0.29) is 0 Å². The van der Waals surface area contributed by atoms with Crippen molar-refractivity contribution in [2.45, 2.75) is 38.0 Å². The Hall–Kier alpha value is -3.80. The van der Waals surface area contributed by atoms with Crippen LogP contribution in [0.1, 0.15) is 43.8 Å². The van der Waals surface area contributed by atoms with E-state index in [1.165, 1.54) is 32.1 Å². The lowest BCUT2D eigenvalue weighted by molar-refractivity contribution is 0.428. The first-order valence-electron chi connectivity index (χ1n) is 11.2. The zero-order valence-corrected chi connectivity index (χ0v) is 17.8. The van der Waals surface area contributed by atoms with Crippen LogP contribution in [0.5, 0.6) is 0 Å². The molecule has 1 saturated carbocycles. The summed E-state index contributed by atoms with van der Waals surface area (Å²) in [5.74, 6) is 2.06. The number of pyridine rings is 2. The smallest absolute Gasteiger partial charge is 0.150 e. The summed E-state index contributed by atoms with van der Waals surface area (Å²) in [6.07, 6.45) is 11.7. The van der Waals surface area contributed by atoms with Crippen LogP contribution in [0.4, 0.5) is 5.82 Å². The number of fused-ring (bicyclic) bond motifs is 2. The molecule has 1 aliphatic rings. The fourth-order valence-corrected chi connectivity index (χ4v) is 4.86. The number of benzene rings is 1. The third-order valence-corrected chi connectivity index (χ3v) is 6.47. The van der Waals surface area contributed by atoms with Gasteiger partial charge in [-0.15, -0.1) is 0 Å². The first-order valence-corrected chi connectivity index (χ1v) is 11.2. The summed E-state index contributed by atoms with van der Waals surface area (Å²) in [5, 5.41) is 1.08. The maximum absolute atomic E-state index is 6.35. The molecule has 0 saturated heterocycles. The van der Waals surface area contributed by atoms with Crippen LogP contribution in [0.25, 0.3) is 39.1 Å². The van der Waals surface area contributed by atoms with Crippen LogP contribution in [0, 0.1) is 0 Å². The van der Waals surface area contributed by atoms with E-state index in [0.29, 0.717) is 11.7 Å². The normalized spacial score (nSPS) is 14.9. The van der Waals surface area contributed by atoms with Gasteiger partial charge >= 0.3 is 0 Å². The highest BCUT2D eigenvalue weighted by atomic mass is 15.1. The third-order valence-electron chi connectivity index (χ3n) is 6.47. The summed E-state index contributed by atoms with van der Waals surface area (Å²) in [5.41, 5.74) is 11.7. The molecule has 1 aromatic carbocycles. The first kappa shape index (κ1) is 18.9. The summed E-state index contributed by atoms with van der Waals surface area (Å²) < 4.78 is 2.15. The van der Waals surface area contributed by atoms with Crippen LogP contribution in [-0.2, 0) is 0 Å². The van der Waals surface area contributed by atoms with Gasteiger partial charge in [0.25, 0.3) is 0 Å². The number of anilines is 1. The van der Waals surface area contributed by atoms with Crippen molar-refractivity contribution in [3.8, 4) is 22.6 Å². The molecule has 0 atom stereocenters. The summed E-state index contributed by atoms with van der Waals surface area (Å²) in [6, 6.07) is 16.3. The molecule has 158 valence electrons. The van der Waals surface area contributed by atoms with Gasteiger partial charge in [0.2, 0.25) is 0 Å². The van der Waals surface area contributed by atoms with Gasteiger partial charge in [-0.1, -0.05) is 43.5 Å². The molecular formula is C26H24N6. The number of nitrogens with zero attached hydrogens (tertiary/aromatic N) is 5. The van der Waals surface area contributed by atoms with Crippen molar-refractivity contribution >= 4 is 22.2 Å². The Labute approximate surface area is 186 Å². The van der Waals surface area contributed by atoms with Crippen molar-refractivity contribution in [1.29, 1.82) is 0 Å². The van der Waals surface area contributed by atoms with Gasteiger partial charge < -0.3 is 5.73 Å². The molecule has 2 N–H and O–H groups in total. The van der Waals surface area contributed by atoms with Gasteiger partial charge in [-0.25, -0.2) is 15.0 Å². The van der Waals surface area contributed by atoms with Crippen molar-refractivity contribution in [2.24, 2.45) is 0 Å². The van der Waals surface area contributed by atoms with E-state index in [2.05, 4.69) is 38.6 Å². The summed E-state index contributed by atoms with van der Waals surface area (Å²) in [7, 11) is 0. The second-order valence-corrected chi connectivity index (χ2v) is 8.50. The van der Waals surface area contributed by atoms with Crippen LogP contribution in [0.3, 0.4) is 0 Å². The molecule has 1 aliphatic carbocycles. The molecular weight excluding hydrogens is 396 g/mol. The van der Waals surface area contributed by atoms with Gasteiger partial charge in [-0.05, 0) is 37.1 Å². The van der Waals surface area contributed by atoms with Crippen molar-refractivity contribution in [3.63, 3.8) is 0 Å². The molecule has 0 unspecified atom stereocenters. The summed E-state index contributed by atoms with van der Waals surface area (Å²) in [4.78, 5) is 18.8. The molecule has 32 heavy (non-hydrogen) atoms. The SMILES string of the molecule is Nc1nccn2c(C3CCCCC3)nc(-c3ccc4ccc(-c5ccccn5)nc4c3)c12. The molecule has 0 amide bonds.